The molecule has 0 fully saturated rings. The Morgan fingerprint density at radius 3 is 2.37 bits per heavy atom. The number of halogens is 3. The molecule has 1 unspecified atom stereocenters. The van der Waals surface area contributed by atoms with Gasteiger partial charge in [-0.3, -0.25) is 9.59 Å². The highest BCUT2D eigenvalue weighted by Gasteiger charge is 2.25. The third-order valence-electron chi connectivity index (χ3n) is 6.33. The highest BCUT2D eigenvalue weighted by atomic mass is 35.5. The summed E-state index contributed by atoms with van der Waals surface area (Å²) in [6.45, 7) is 6.29. The molecule has 0 bridgehead atoms. The number of carbonyl (C=O) groups is 2. The van der Waals surface area contributed by atoms with Crippen molar-refractivity contribution in [1.29, 1.82) is 0 Å². The second kappa shape index (κ2) is 12.0. The molecule has 2 amide bonds. The minimum absolute atomic E-state index is 0.175. The van der Waals surface area contributed by atoms with Crippen LogP contribution in [0, 0.1) is 12.8 Å². The number of fused-ring (bicyclic) bond motifs is 1. The fourth-order valence-electron chi connectivity index (χ4n) is 4.27. The standard InChI is InChI=1S/C29H27Cl3N4O2/c1-17(2)27(34-28(37)21-9-4-6-10-23(21)30)29(38)35-33-15-22-18(3)36(26-11-7-5-8-20(22)26)16-19-12-13-24(31)25(32)14-19/h4-15,17,27H,16H2,1-3H3,(H,34,37)(H,35,38)/b33-15-. The van der Waals surface area contributed by atoms with E-state index >= 15 is 0 Å². The van der Waals surface area contributed by atoms with Crippen LogP contribution in [0.1, 0.15) is 41.0 Å². The molecule has 1 atom stereocenters. The maximum absolute atomic E-state index is 13.0. The summed E-state index contributed by atoms with van der Waals surface area (Å²) in [5.74, 6) is -1.02. The summed E-state index contributed by atoms with van der Waals surface area (Å²) in [7, 11) is 0. The molecule has 0 spiro atoms. The quantitative estimate of drug-likeness (QED) is 0.180. The maximum Gasteiger partial charge on any atom is 0.262 e. The summed E-state index contributed by atoms with van der Waals surface area (Å²) >= 11 is 18.5. The Kier molecular flexibility index (Phi) is 8.77. The van der Waals surface area contributed by atoms with Gasteiger partial charge >= 0.3 is 0 Å². The third-order valence-corrected chi connectivity index (χ3v) is 7.40. The van der Waals surface area contributed by atoms with Crippen LogP contribution in [0.5, 0.6) is 0 Å². The highest BCUT2D eigenvalue weighted by Crippen LogP contribution is 2.28. The van der Waals surface area contributed by atoms with Crippen molar-refractivity contribution in [1.82, 2.24) is 15.3 Å². The summed E-state index contributed by atoms with van der Waals surface area (Å²) in [5, 5.41) is 9.34. The summed E-state index contributed by atoms with van der Waals surface area (Å²) in [5.41, 5.74) is 6.78. The number of nitrogens with zero attached hydrogens (tertiary/aromatic N) is 2. The Bertz CT molecular complexity index is 1530. The number of para-hydroxylation sites is 1. The van der Waals surface area contributed by atoms with Crippen molar-refractivity contribution in [3.05, 3.63) is 104 Å². The van der Waals surface area contributed by atoms with Gasteiger partial charge in [0.1, 0.15) is 6.04 Å². The molecule has 0 saturated heterocycles. The number of nitrogens with one attached hydrogen (secondary N) is 2. The van der Waals surface area contributed by atoms with Crippen LogP contribution < -0.4 is 10.7 Å². The first-order chi connectivity index (χ1) is 18.2. The van der Waals surface area contributed by atoms with Crippen molar-refractivity contribution in [2.75, 3.05) is 0 Å². The number of aromatic nitrogens is 1. The molecule has 0 aliphatic rings. The average molecular weight is 570 g/mol. The van der Waals surface area contributed by atoms with E-state index < -0.39 is 17.9 Å². The highest BCUT2D eigenvalue weighted by molar-refractivity contribution is 6.42. The first-order valence-corrected chi connectivity index (χ1v) is 13.2. The number of hydrogen-bond donors (Lipinski definition) is 2. The molecule has 0 aliphatic heterocycles. The fraction of sp³-hybridized carbons (Fsp3) is 0.207. The van der Waals surface area contributed by atoms with Crippen LogP contribution in [0.25, 0.3) is 10.9 Å². The zero-order chi connectivity index (χ0) is 27.4. The number of hydrogen-bond acceptors (Lipinski definition) is 3. The number of carbonyl (C=O) groups excluding carboxylic acids is 2. The molecule has 196 valence electrons. The van der Waals surface area contributed by atoms with Crippen molar-refractivity contribution in [2.24, 2.45) is 11.0 Å². The normalized spacial score (nSPS) is 12.3. The Morgan fingerprint density at radius 2 is 1.66 bits per heavy atom. The Labute approximate surface area is 236 Å². The van der Waals surface area contributed by atoms with E-state index in [1.54, 1.807) is 36.5 Å². The van der Waals surface area contributed by atoms with E-state index in [2.05, 4.69) is 20.4 Å². The van der Waals surface area contributed by atoms with Crippen LogP contribution >= 0.6 is 34.8 Å². The molecule has 4 rings (SSSR count). The first-order valence-electron chi connectivity index (χ1n) is 12.1. The summed E-state index contributed by atoms with van der Waals surface area (Å²) in [6.07, 6.45) is 1.63. The molecule has 0 aliphatic carbocycles. The van der Waals surface area contributed by atoms with Crippen molar-refractivity contribution in [2.45, 2.75) is 33.4 Å². The van der Waals surface area contributed by atoms with E-state index in [-0.39, 0.29) is 5.92 Å². The van der Waals surface area contributed by atoms with E-state index in [9.17, 15) is 9.59 Å². The SMILES string of the molecule is Cc1c(/C=N\NC(=O)C(NC(=O)c2ccccc2Cl)C(C)C)c2ccccc2n1Cc1ccc(Cl)c(Cl)c1. The van der Waals surface area contributed by atoms with Crippen LogP contribution in [0.15, 0.2) is 71.8 Å². The zero-order valence-corrected chi connectivity index (χ0v) is 23.4. The van der Waals surface area contributed by atoms with Gasteiger partial charge in [-0.25, -0.2) is 5.43 Å². The second-order valence-corrected chi connectivity index (χ2v) is 10.5. The summed E-state index contributed by atoms with van der Waals surface area (Å²) in [6, 6.07) is 19.5. The molecule has 2 N–H and O–H groups in total. The van der Waals surface area contributed by atoms with E-state index in [1.807, 2.05) is 57.2 Å². The van der Waals surface area contributed by atoms with E-state index in [0.717, 1.165) is 27.7 Å². The second-order valence-electron chi connectivity index (χ2n) is 9.26. The van der Waals surface area contributed by atoms with Gasteiger partial charge in [0.25, 0.3) is 11.8 Å². The molecule has 1 aromatic heterocycles. The molecule has 38 heavy (non-hydrogen) atoms. The minimum atomic E-state index is -0.798. The Balaban J connectivity index is 1.54. The van der Waals surface area contributed by atoms with Crippen LogP contribution in [0.4, 0.5) is 0 Å². The van der Waals surface area contributed by atoms with Gasteiger partial charge in [0, 0.05) is 28.7 Å². The van der Waals surface area contributed by atoms with Crippen LogP contribution in [0.3, 0.4) is 0 Å². The zero-order valence-electron chi connectivity index (χ0n) is 21.1. The number of hydrazone groups is 1. The number of benzene rings is 3. The summed E-state index contributed by atoms with van der Waals surface area (Å²) in [4.78, 5) is 25.7. The first kappa shape index (κ1) is 27.7. The van der Waals surface area contributed by atoms with Gasteiger partial charge in [-0.15, -0.1) is 0 Å². The topological polar surface area (TPSA) is 75.5 Å². The van der Waals surface area contributed by atoms with Crippen LogP contribution in [0.2, 0.25) is 15.1 Å². The molecular weight excluding hydrogens is 543 g/mol. The van der Waals surface area contributed by atoms with Gasteiger partial charge in [-0.05, 0) is 48.7 Å². The lowest BCUT2D eigenvalue weighted by molar-refractivity contribution is -0.123. The van der Waals surface area contributed by atoms with Gasteiger partial charge in [0.15, 0.2) is 0 Å². The molecule has 9 heteroatoms. The largest absolute Gasteiger partial charge is 0.340 e. The molecule has 0 radical (unpaired) electrons. The number of rotatable bonds is 8. The monoisotopic (exact) mass is 568 g/mol. The lowest BCUT2D eigenvalue weighted by Crippen LogP contribution is -2.48. The molecule has 1 heterocycles. The number of amides is 2. The molecule has 4 aromatic rings. The van der Waals surface area contributed by atoms with E-state index in [0.29, 0.717) is 27.2 Å². The van der Waals surface area contributed by atoms with E-state index in [1.165, 1.54) is 0 Å². The fourth-order valence-corrected chi connectivity index (χ4v) is 4.82. The predicted octanol–water partition coefficient (Wildman–Crippen LogP) is 6.86. The third kappa shape index (κ3) is 6.04. The van der Waals surface area contributed by atoms with Gasteiger partial charge in [-0.2, -0.15) is 5.10 Å². The molecule has 0 saturated carbocycles. The van der Waals surface area contributed by atoms with E-state index in [4.69, 9.17) is 34.8 Å². The van der Waals surface area contributed by atoms with Crippen LogP contribution in [-0.4, -0.2) is 28.6 Å². The van der Waals surface area contributed by atoms with Crippen molar-refractivity contribution >= 4 is 63.7 Å². The van der Waals surface area contributed by atoms with Gasteiger partial charge in [0.05, 0.1) is 26.8 Å². The average Bonchev–Trinajstić information content (AvgIpc) is 3.15. The summed E-state index contributed by atoms with van der Waals surface area (Å²) < 4.78 is 2.17. The maximum atomic E-state index is 13.0. The lowest BCUT2D eigenvalue weighted by Gasteiger charge is -2.20. The lowest BCUT2D eigenvalue weighted by atomic mass is 10.0. The molecule has 3 aromatic carbocycles. The van der Waals surface area contributed by atoms with Gasteiger partial charge in [-0.1, -0.05) is 85.0 Å². The Hall–Kier alpha value is -3.32. The van der Waals surface area contributed by atoms with Crippen molar-refractivity contribution in [3.63, 3.8) is 0 Å². The molecular formula is C29H27Cl3N4O2. The van der Waals surface area contributed by atoms with Crippen molar-refractivity contribution in [3.8, 4) is 0 Å². The smallest absolute Gasteiger partial charge is 0.262 e. The predicted molar refractivity (Wildman–Crippen MR) is 156 cm³/mol. The van der Waals surface area contributed by atoms with Crippen molar-refractivity contribution < 1.29 is 9.59 Å². The van der Waals surface area contributed by atoms with Crippen LogP contribution in [-0.2, 0) is 11.3 Å². The minimum Gasteiger partial charge on any atom is -0.340 e. The van der Waals surface area contributed by atoms with Gasteiger partial charge in [0.2, 0.25) is 0 Å². The Morgan fingerprint density at radius 1 is 0.947 bits per heavy atom. The molecule has 6 nitrogen and oxygen atoms in total. The van der Waals surface area contributed by atoms with Gasteiger partial charge < -0.3 is 9.88 Å².